The lowest BCUT2D eigenvalue weighted by atomic mass is 9.87. The summed E-state index contributed by atoms with van der Waals surface area (Å²) in [6.45, 7) is 2.29. The fourth-order valence-electron chi connectivity index (χ4n) is 2.46. The van der Waals surface area contributed by atoms with Crippen molar-refractivity contribution in [3.05, 3.63) is 24.0 Å². The van der Waals surface area contributed by atoms with Gasteiger partial charge in [0.05, 0.1) is 0 Å². The monoisotopic (exact) mass is 233 g/mol. The van der Waals surface area contributed by atoms with Crippen molar-refractivity contribution in [3.8, 4) is 0 Å². The van der Waals surface area contributed by atoms with Crippen LogP contribution in [0, 0.1) is 5.92 Å². The molecule has 1 amide bonds. The number of anilines is 1. The molecule has 1 saturated carbocycles. The van der Waals surface area contributed by atoms with Crippen molar-refractivity contribution in [2.24, 2.45) is 11.7 Å². The molecule has 1 fully saturated rings. The first-order valence-corrected chi connectivity index (χ1v) is 6.17. The zero-order valence-electron chi connectivity index (χ0n) is 10.1. The van der Waals surface area contributed by atoms with Gasteiger partial charge < -0.3 is 11.1 Å². The van der Waals surface area contributed by atoms with E-state index in [1.165, 1.54) is 25.7 Å². The van der Waals surface area contributed by atoms with Crippen LogP contribution >= 0.6 is 0 Å². The van der Waals surface area contributed by atoms with Crippen LogP contribution in [0.1, 0.15) is 43.1 Å². The molecule has 0 radical (unpaired) electrons. The van der Waals surface area contributed by atoms with Crippen LogP contribution in [0.4, 0.5) is 5.69 Å². The summed E-state index contributed by atoms with van der Waals surface area (Å²) in [5.41, 5.74) is 6.46. The fourth-order valence-corrected chi connectivity index (χ4v) is 2.46. The van der Waals surface area contributed by atoms with E-state index in [4.69, 9.17) is 5.73 Å². The number of aromatic nitrogens is 1. The van der Waals surface area contributed by atoms with Gasteiger partial charge in [0.1, 0.15) is 5.69 Å². The Morgan fingerprint density at radius 1 is 1.53 bits per heavy atom. The van der Waals surface area contributed by atoms with Crippen molar-refractivity contribution >= 4 is 11.6 Å². The van der Waals surface area contributed by atoms with Crippen molar-refractivity contribution in [2.75, 3.05) is 5.32 Å². The van der Waals surface area contributed by atoms with Gasteiger partial charge in [-0.05, 0) is 30.9 Å². The van der Waals surface area contributed by atoms with E-state index < -0.39 is 5.91 Å². The number of hydrogen-bond donors (Lipinski definition) is 2. The van der Waals surface area contributed by atoms with Gasteiger partial charge in [0.2, 0.25) is 0 Å². The lowest BCUT2D eigenvalue weighted by Crippen LogP contribution is -2.26. The van der Waals surface area contributed by atoms with Crippen LogP contribution in [0.3, 0.4) is 0 Å². The minimum absolute atomic E-state index is 0.318. The van der Waals surface area contributed by atoms with Crippen LogP contribution < -0.4 is 11.1 Å². The number of rotatable bonds is 3. The molecule has 2 unspecified atom stereocenters. The van der Waals surface area contributed by atoms with Gasteiger partial charge in [-0.25, -0.2) is 0 Å². The average Bonchev–Trinajstić information content (AvgIpc) is 2.29. The third-order valence-corrected chi connectivity index (χ3v) is 3.32. The first kappa shape index (κ1) is 11.9. The summed E-state index contributed by atoms with van der Waals surface area (Å²) in [7, 11) is 0. The molecular formula is C13H19N3O. The highest BCUT2D eigenvalue weighted by Gasteiger charge is 2.18. The van der Waals surface area contributed by atoms with Crippen LogP contribution in [0.15, 0.2) is 18.3 Å². The van der Waals surface area contributed by atoms with Gasteiger partial charge in [0, 0.05) is 17.9 Å². The molecule has 2 rings (SSSR count). The predicted octanol–water partition coefficient (Wildman–Crippen LogP) is 2.17. The number of amides is 1. The number of nitrogens with two attached hydrogens (primary N) is 1. The van der Waals surface area contributed by atoms with Crippen molar-refractivity contribution in [3.63, 3.8) is 0 Å². The molecule has 17 heavy (non-hydrogen) atoms. The summed E-state index contributed by atoms with van der Waals surface area (Å²) in [5.74, 6) is 0.296. The molecule has 0 saturated heterocycles. The average molecular weight is 233 g/mol. The van der Waals surface area contributed by atoms with Crippen LogP contribution in [0.5, 0.6) is 0 Å². The Morgan fingerprint density at radius 3 is 3.06 bits per heavy atom. The molecule has 2 atom stereocenters. The molecule has 92 valence electrons. The second-order valence-corrected chi connectivity index (χ2v) is 4.91. The Kier molecular flexibility index (Phi) is 3.61. The van der Waals surface area contributed by atoms with Crippen LogP contribution in [-0.2, 0) is 0 Å². The van der Waals surface area contributed by atoms with Gasteiger partial charge in [0.25, 0.3) is 5.91 Å². The van der Waals surface area contributed by atoms with Gasteiger partial charge in [-0.3, -0.25) is 9.78 Å². The van der Waals surface area contributed by atoms with Gasteiger partial charge in [-0.1, -0.05) is 19.8 Å². The van der Waals surface area contributed by atoms with Crippen LogP contribution in [-0.4, -0.2) is 16.9 Å². The maximum absolute atomic E-state index is 11.0. The molecular weight excluding hydrogens is 214 g/mol. The molecule has 1 aliphatic rings. The normalized spacial score (nSPS) is 24.3. The smallest absolute Gasteiger partial charge is 0.267 e. The fraction of sp³-hybridized carbons (Fsp3) is 0.538. The lowest BCUT2D eigenvalue weighted by Gasteiger charge is -2.28. The second-order valence-electron chi connectivity index (χ2n) is 4.91. The molecule has 3 N–H and O–H groups in total. The Hall–Kier alpha value is -1.58. The van der Waals surface area contributed by atoms with Crippen molar-refractivity contribution in [1.29, 1.82) is 0 Å². The minimum Gasteiger partial charge on any atom is -0.382 e. The van der Waals surface area contributed by atoms with Gasteiger partial charge in [-0.15, -0.1) is 0 Å². The summed E-state index contributed by atoms with van der Waals surface area (Å²) in [6.07, 6.45) is 6.59. The van der Waals surface area contributed by atoms with Crippen molar-refractivity contribution in [2.45, 2.75) is 38.6 Å². The topological polar surface area (TPSA) is 68.0 Å². The number of nitrogens with zero attached hydrogens (tertiary/aromatic N) is 1. The van der Waals surface area contributed by atoms with E-state index >= 15 is 0 Å². The number of pyridine rings is 1. The summed E-state index contributed by atoms with van der Waals surface area (Å²) < 4.78 is 0. The number of carbonyl (C=O) groups excluding carboxylic acids is 1. The SMILES string of the molecule is CC1CCCC(Nc2ccnc(C(N)=O)c2)C1. The van der Waals surface area contributed by atoms with E-state index in [1.807, 2.05) is 6.07 Å². The standard InChI is InChI=1S/C13H19N3O/c1-9-3-2-4-10(7-9)16-11-5-6-15-12(8-11)13(14)17/h5-6,8-10H,2-4,7H2,1H3,(H2,14,17)(H,15,16). The first-order valence-electron chi connectivity index (χ1n) is 6.17. The minimum atomic E-state index is -0.481. The van der Waals surface area contributed by atoms with Crippen LogP contribution in [0.25, 0.3) is 0 Å². The van der Waals surface area contributed by atoms with Gasteiger partial charge in [-0.2, -0.15) is 0 Å². The summed E-state index contributed by atoms with van der Waals surface area (Å²) >= 11 is 0. The Balaban J connectivity index is 2.02. The molecule has 0 aliphatic heterocycles. The molecule has 4 heteroatoms. The zero-order chi connectivity index (χ0) is 12.3. The van der Waals surface area contributed by atoms with Gasteiger partial charge in [0.15, 0.2) is 0 Å². The molecule has 1 aliphatic carbocycles. The highest BCUT2D eigenvalue weighted by atomic mass is 16.1. The van der Waals surface area contributed by atoms with E-state index in [2.05, 4.69) is 17.2 Å². The summed E-state index contributed by atoms with van der Waals surface area (Å²) in [6, 6.07) is 4.11. The molecule has 1 aromatic rings. The van der Waals surface area contributed by atoms with Crippen molar-refractivity contribution in [1.82, 2.24) is 4.98 Å². The molecule has 0 bridgehead atoms. The quantitative estimate of drug-likeness (QED) is 0.840. The molecule has 0 spiro atoms. The molecule has 1 aromatic heterocycles. The first-order chi connectivity index (χ1) is 8.15. The second kappa shape index (κ2) is 5.17. The third-order valence-electron chi connectivity index (χ3n) is 3.32. The maximum atomic E-state index is 11.0. The van der Waals surface area contributed by atoms with E-state index in [1.54, 1.807) is 12.3 Å². The maximum Gasteiger partial charge on any atom is 0.267 e. The number of primary amides is 1. The molecule has 4 nitrogen and oxygen atoms in total. The van der Waals surface area contributed by atoms with Crippen LogP contribution in [0.2, 0.25) is 0 Å². The molecule has 0 aromatic carbocycles. The molecule has 1 heterocycles. The van der Waals surface area contributed by atoms with Gasteiger partial charge >= 0.3 is 0 Å². The van der Waals surface area contributed by atoms with Crippen molar-refractivity contribution < 1.29 is 4.79 Å². The summed E-state index contributed by atoms with van der Waals surface area (Å²) in [4.78, 5) is 15.0. The highest BCUT2D eigenvalue weighted by Crippen LogP contribution is 2.26. The predicted molar refractivity (Wildman–Crippen MR) is 67.8 cm³/mol. The Morgan fingerprint density at radius 2 is 2.35 bits per heavy atom. The lowest BCUT2D eigenvalue weighted by molar-refractivity contribution is 0.0995. The number of nitrogens with one attached hydrogen (secondary N) is 1. The zero-order valence-corrected chi connectivity index (χ0v) is 10.1. The Labute approximate surface area is 102 Å². The van der Waals surface area contributed by atoms with E-state index in [-0.39, 0.29) is 0 Å². The number of hydrogen-bond acceptors (Lipinski definition) is 3. The third kappa shape index (κ3) is 3.19. The van der Waals surface area contributed by atoms with E-state index in [9.17, 15) is 4.79 Å². The van der Waals surface area contributed by atoms with E-state index in [0.29, 0.717) is 11.7 Å². The summed E-state index contributed by atoms with van der Waals surface area (Å²) in [5, 5.41) is 3.46. The number of carbonyl (C=O) groups is 1. The Bertz CT molecular complexity index is 405. The highest BCUT2D eigenvalue weighted by molar-refractivity contribution is 5.91. The largest absolute Gasteiger partial charge is 0.382 e. The van der Waals surface area contributed by atoms with E-state index in [0.717, 1.165) is 11.6 Å².